The van der Waals surface area contributed by atoms with Crippen molar-refractivity contribution in [1.29, 1.82) is 0 Å². The Balaban J connectivity index is 1.83. The third-order valence-electron chi connectivity index (χ3n) is 3.59. The maximum atomic E-state index is 11.9. The summed E-state index contributed by atoms with van der Waals surface area (Å²) < 4.78 is 0. The zero-order valence-electron chi connectivity index (χ0n) is 12.3. The molecule has 1 aromatic heterocycles. The van der Waals surface area contributed by atoms with Crippen LogP contribution in [-0.2, 0) is 11.2 Å². The first-order valence-electron chi connectivity index (χ1n) is 7.66. The average Bonchev–Trinajstić information content (AvgIpc) is 2.47. The Morgan fingerprint density at radius 1 is 1.00 bits per heavy atom. The van der Waals surface area contributed by atoms with Crippen molar-refractivity contribution in [3.8, 4) is 0 Å². The molecule has 106 valence electrons. The van der Waals surface area contributed by atoms with Gasteiger partial charge in [-0.1, -0.05) is 56.9 Å². The zero-order chi connectivity index (χ0) is 14.2. The number of benzene rings is 1. The lowest BCUT2D eigenvalue weighted by Crippen LogP contribution is -2.04. The molecule has 0 amide bonds. The molecule has 20 heavy (non-hydrogen) atoms. The van der Waals surface area contributed by atoms with Gasteiger partial charge < -0.3 is 0 Å². The molecular weight excluding hydrogens is 246 g/mol. The lowest BCUT2D eigenvalue weighted by Gasteiger charge is -2.03. The number of ketones is 1. The number of hydrogen-bond donors (Lipinski definition) is 0. The Morgan fingerprint density at radius 2 is 1.80 bits per heavy atom. The van der Waals surface area contributed by atoms with Crippen LogP contribution < -0.4 is 0 Å². The fraction of sp³-hybridized carbons (Fsp3) is 0.444. The summed E-state index contributed by atoms with van der Waals surface area (Å²) in [6.45, 7) is 2.20. The summed E-state index contributed by atoms with van der Waals surface area (Å²) in [5.41, 5.74) is 1.86. The van der Waals surface area contributed by atoms with Gasteiger partial charge in [0.05, 0.1) is 5.52 Å². The Kier molecular flexibility index (Phi) is 5.72. The molecule has 1 heterocycles. The van der Waals surface area contributed by atoms with Gasteiger partial charge in [-0.05, 0) is 18.6 Å². The maximum Gasteiger partial charge on any atom is 0.138 e. The monoisotopic (exact) mass is 269 g/mol. The molecule has 0 saturated carbocycles. The van der Waals surface area contributed by atoms with Crippen LogP contribution in [0.4, 0.5) is 0 Å². The number of Topliss-reactive ketones (excluding diaryl/α,β-unsaturated/α-hetero) is 1. The minimum atomic E-state index is 0.310. The molecule has 2 rings (SSSR count). The van der Waals surface area contributed by atoms with Crippen molar-refractivity contribution in [3.05, 3.63) is 42.1 Å². The molecule has 0 bridgehead atoms. The molecule has 2 nitrogen and oxygen atoms in total. The second kappa shape index (κ2) is 7.78. The van der Waals surface area contributed by atoms with E-state index >= 15 is 0 Å². The molecule has 0 aliphatic heterocycles. The van der Waals surface area contributed by atoms with E-state index in [2.05, 4.69) is 11.9 Å². The Morgan fingerprint density at radius 3 is 2.65 bits per heavy atom. The minimum absolute atomic E-state index is 0.310. The number of aromatic nitrogens is 1. The largest absolute Gasteiger partial charge is 0.299 e. The van der Waals surface area contributed by atoms with E-state index in [1.165, 1.54) is 25.7 Å². The van der Waals surface area contributed by atoms with E-state index in [0.29, 0.717) is 18.6 Å². The second-order valence-corrected chi connectivity index (χ2v) is 5.37. The van der Waals surface area contributed by atoms with Crippen molar-refractivity contribution in [2.24, 2.45) is 0 Å². The van der Waals surface area contributed by atoms with Crippen molar-refractivity contribution in [2.45, 2.75) is 51.9 Å². The van der Waals surface area contributed by atoms with Crippen LogP contribution in [0.1, 0.15) is 51.1 Å². The number of carbonyl (C=O) groups is 1. The van der Waals surface area contributed by atoms with E-state index < -0.39 is 0 Å². The highest BCUT2D eigenvalue weighted by molar-refractivity contribution is 5.82. The highest BCUT2D eigenvalue weighted by Crippen LogP contribution is 2.13. The average molecular weight is 269 g/mol. The Hall–Kier alpha value is -1.70. The molecule has 0 unspecified atom stereocenters. The predicted octanol–water partition coefficient (Wildman–Crippen LogP) is 4.71. The van der Waals surface area contributed by atoms with Gasteiger partial charge >= 0.3 is 0 Å². The summed E-state index contributed by atoms with van der Waals surface area (Å²) >= 11 is 0. The summed E-state index contributed by atoms with van der Waals surface area (Å²) in [5, 5.41) is 1.13. The first-order chi connectivity index (χ1) is 9.79. The number of unbranched alkanes of at least 4 members (excludes halogenated alkanes) is 4. The first-order valence-corrected chi connectivity index (χ1v) is 7.66. The molecule has 2 heteroatoms. The van der Waals surface area contributed by atoms with Crippen molar-refractivity contribution in [2.75, 3.05) is 0 Å². The summed E-state index contributed by atoms with van der Waals surface area (Å²) in [5.74, 6) is 0.310. The number of pyridine rings is 1. The third kappa shape index (κ3) is 4.44. The molecule has 2 aromatic rings. The molecule has 0 spiro atoms. The van der Waals surface area contributed by atoms with Crippen LogP contribution in [-0.4, -0.2) is 10.8 Å². The van der Waals surface area contributed by atoms with Gasteiger partial charge in [-0.2, -0.15) is 0 Å². The Bertz CT molecular complexity index is 562. The van der Waals surface area contributed by atoms with Crippen molar-refractivity contribution < 1.29 is 4.79 Å². The molecule has 0 fully saturated rings. The van der Waals surface area contributed by atoms with E-state index in [1.807, 2.05) is 36.4 Å². The highest BCUT2D eigenvalue weighted by Gasteiger charge is 2.05. The fourth-order valence-corrected chi connectivity index (χ4v) is 2.42. The molecular formula is C18H23NO. The third-order valence-corrected chi connectivity index (χ3v) is 3.59. The van der Waals surface area contributed by atoms with Crippen LogP contribution in [0.25, 0.3) is 10.9 Å². The molecule has 0 N–H and O–H groups in total. The number of nitrogens with zero attached hydrogens (tertiary/aromatic N) is 1. The normalized spacial score (nSPS) is 10.8. The van der Waals surface area contributed by atoms with Crippen LogP contribution in [0.2, 0.25) is 0 Å². The van der Waals surface area contributed by atoms with Crippen molar-refractivity contribution in [3.63, 3.8) is 0 Å². The molecule has 0 aliphatic rings. The molecule has 0 radical (unpaired) electrons. The highest BCUT2D eigenvalue weighted by atomic mass is 16.1. The molecule has 0 saturated heterocycles. The smallest absolute Gasteiger partial charge is 0.138 e. The number of para-hydroxylation sites is 1. The number of carbonyl (C=O) groups excluding carboxylic acids is 1. The molecule has 0 aliphatic carbocycles. The van der Waals surface area contributed by atoms with Gasteiger partial charge in [0.15, 0.2) is 0 Å². The van der Waals surface area contributed by atoms with Gasteiger partial charge in [-0.3, -0.25) is 9.78 Å². The first kappa shape index (κ1) is 14.7. The van der Waals surface area contributed by atoms with Gasteiger partial charge in [0, 0.05) is 23.9 Å². The topological polar surface area (TPSA) is 30.0 Å². The quantitative estimate of drug-likeness (QED) is 0.650. The van der Waals surface area contributed by atoms with Crippen LogP contribution in [0.15, 0.2) is 36.4 Å². The molecule has 1 aromatic carbocycles. The summed E-state index contributed by atoms with van der Waals surface area (Å²) in [7, 11) is 0. The van der Waals surface area contributed by atoms with Gasteiger partial charge in [-0.15, -0.1) is 0 Å². The zero-order valence-corrected chi connectivity index (χ0v) is 12.3. The van der Waals surface area contributed by atoms with Crippen LogP contribution in [0.5, 0.6) is 0 Å². The van der Waals surface area contributed by atoms with E-state index in [1.54, 1.807) is 0 Å². The lowest BCUT2D eigenvalue weighted by molar-refractivity contribution is -0.118. The van der Waals surface area contributed by atoms with E-state index in [0.717, 1.165) is 23.0 Å². The van der Waals surface area contributed by atoms with E-state index in [4.69, 9.17) is 0 Å². The van der Waals surface area contributed by atoms with E-state index in [9.17, 15) is 4.79 Å². The fourth-order valence-electron chi connectivity index (χ4n) is 2.42. The minimum Gasteiger partial charge on any atom is -0.299 e. The SMILES string of the molecule is CCCCCCCC(=O)Cc1ccc2ccccc2n1. The van der Waals surface area contributed by atoms with Crippen molar-refractivity contribution >= 4 is 16.7 Å². The standard InChI is InChI=1S/C18H23NO/c1-2-3-4-5-6-10-17(20)14-16-13-12-15-9-7-8-11-18(15)19-16/h7-9,11-13H,2-6,10,14H2,1H3. The maximum absolute atomic E-state index is 11.9. The summed E-state index contributed by atoms with van der Waals surface area (Å²) in [4.78, 5) is 16.5. The number of hydrogen-bond acceptors (Lipinski definition) is 2. The predicted molar refractivity (Wildman–Crippen MR) is 83.8 cm³/mol. The Labute approximate surface area is 121 Å². The van der Waals surface area contributed by atoms with Gasteiger partial charge in [-0.25, -0.2) is 0 Å². The van der Waals surface area contributed by atoms with Gasteiger partial charge in [0.1, 0.15) is 5.78 Å². The number of fused-ring (bicyclic) bond motifs is 1. The van der Waals surface area contributed by atoms with Crippen LogP contribution in [0.3, 0.4) is 0 Å². The van der Waals surface area contributed by atoms with E-state index in [-0.39, 0.29) is 0 Å². The van der Waals surface area contributed by atoms with Gasteiger partial charge in [0.2, 0.25) is 0 Å². The second-order valence-electron chi connectivity index (χ2n) is 5.37. The van der Waals surface area contributed by atoms with Crippen molar-refractivity contribution in [1.82, 2.24) is 4.98 Å². The molecule has 0 atom stereocenters. The summed E-state index contributed by atoms with van der Waals surface area (Å²) in [6.07, 6.45) is 7.13. The lowest BCUT2D eigenvalue weighted by atomic mass is 10.1. The van der Waals surface area contributed by atoms with Gasteiger partial charge in [0.25, 0.3) is 0 Å². The summed E-state index contributed by atoms with van der Waals surface area (Å²) in [6, 6.07) is 12.0. The number of rotatable bonds is 8. The van der Waals surface area contributed by atoms with Crippen LogP contribution >= 0.6 is 0 Å². The van der Waals surface area contributed by atoms with Crippen LogP contribution in [0, 0.1) is 0 Å².